The summed E-state index contributed by atoms with van der Waals surface area (Å²) in [7, 11) is 0. The first-order valence-corrected chi connectivity index (χ1v) is 4.85. The van der Waals surface area contributed by atoms with Gasteiger partial charge in [-0.25, -0.2) is 4.39 Å². The number of halogens is 1. The van der Waals surface area contributed by atoms with Crippen LogP contribution in [0, 0.1) is 0 Å². The highest BCUT2D eigenvalue weighted by Crippen LogP contribution is 2.13. The summed E-state index contributed by atoms with van der Waals surface area (Å²) in [6.45, 7) is 0.138. The van der Waals surface area contributed by atoms with Gasteiger partial charge in [0.1, 0.15) is 5.83 Å². The third-order valence-electron chi connectivity index (χ3n) is 1.95. The lowest BCUT2D eigenvalue weighted by Gasteiger charge is -1.97. The Kier molecular flexibility index (Phi) is 4.94. The lowest BCUT2D eigenvalue weighted by atomic mass is 10.1. The topological polar surface area (TPSA) is 20.2 Å². The quantitative estimate of drug-likeness (QED) is 0.714. The maximum atomic E-state index is 13.2. The lowest BCUT2D eigenvalue weighted by Crippen LogP contribution is -1.83. The van der Waals surface area contributed by atoms with E-state index in [0.717, 1.165) is 5.56 Å². The van der Waals surface area contributed by atoms with Crippen molar-refractivity contribution in [2.24, 2.45) is 0 Å². The van der Waals surface area contributed by atoms with Crippen molar-refractivity contribution in [1.29, 1.82) is 0 Å². The normalized spacial score (nSPS) is 11.7. The molecule has 0 saturated carbocycles. The zero-order valence-corrected chi connectivity index (χ0v) is 8.12. The molecule has 2 heteroatoms. The summed E-state index contributed by atoms with van der Waals surface area (Å²) < 4.78 is 13.2. The fourth-order valence-corrected chi connectivity index (χ4v) is 1.21. The highest BCUT2D eigenvalue weighted by Gasteiger charge is 1.95. The van der Waals surface area contributed by atoms with Crippen molar-refractivity contribution < 1.29 is 9.50 Å². The second-order valence-electron chi connectivity index (χ2n) is 3.18. The Morgan fingerprint density at radius 3 is 2.57 bits per heavy atom. The predicted molar refractivity (Wildman–Crippen MR) is 56.5 cm³/mol. The Hall–Kier alpha value is -1.15. The van der Waals surface area contributed by atoms with E-state index in [9.17, 15) is 4.39 Å². The maximum Gasteiger partial charge on any atom is 0.101 e. The van der Waals surface area contributed by atoms with Crippen molar-refractivity contribution in [3.05, 3.63) is 41.7 Å². The molecule has 0 atom stereocenters. The molecular formula is C12H15FO. The maximum absolute atomic E-state index is 13.2. The molecule has 0 heterocycles. The summed E-state index contributed by atoms with van der Waals surface area (Å²) in [6, 6.07) is 9.40. The lowest BCUT2D eigenvalue weighted by molar-refractivity contribution is 0.283. The molecule has 0 amide bonds. The highest BCUT2D eigenvalue weighted by molar-refractivity contribution is 5.50. The predicted octanol–water partition coefficient (Wildman–Crippen LogP) is 3.16. The van der Waals surface area contributed by atoms with Crippen molar-refractivity contribution >= 4 is 6.08 Å². The van der Waals surface area contributed by atoms with Crippen LogP contribution in [0.1, 0.15) is 24.8 Å². The van der Waals surface area contributed by atoms with Gasteiger partial charge >= 0.3 is 0 Å². The van der Waals surface area contributed by atoms with Gasteiger partial charge in [-0.2, -0.15) is 0 Å². The summed E-state index contributed by atoms with van der Waals surface area (Å²) in [5, 5.41) is 8.53. The van der Waals surface area contributed by atoms with Gasteiger partial charge in [-0.05, 0) is 30.9 Å². The summed E-state index contributed by atoms with van der Waals surface area (Å²) in [5.41, 5.74) is 0.883. The molecule has 0 fully saturated rings. The molecule has 1 rings (SSSR count). The van der Waals surface area contributed by atoms with Crippen LogP contribution in [0.5, 0.6) is 0 Å². The van der Waals surface area contributed by atoms with E-state index in [2.05, 4.69) is 0 Å². The van der Waals surface area contributed by atoms with E-state index in [1.54, 1.807) is 0 Å². The molecule has 1 nitrogen and oxygen atoms in total. The SMILES string of the molecule is OCCCC/C(F)=C/c1ccccc1. The molecule has 0 aliphatic rings. The first-order valence-electron chi connectivity index (χ1n) is 4.85. The fraction of sp³-hybridized carbons (Fsp3) is 0.333. The minimum Gasteiger partial charge on any atom is -0.396 e. The van der Waals surface area contributed by atoms with Gasteiger partial charge in [-0.3, -0.25) is 0 Å². The van der Waals surface area contributed by atoms with Crippen LogP contribution >= 0.6 is 0 Å². The highest BCUT2D eigenvalue weighted by atomic mass is 19.1. The van der Waals surface area contributed by atoms with Crippen molar-refractivity contribution in [1.82, 2.24) is 0 Å². The summed E-state index contributed by atoms with van der Waals surface area (Å²) in [5.74, 6) is -0.121. The molecule has 0 aromatic heterocycles. The fourth-order valence-electron chi connectivity index (χ4n) is 1.21. The second kappa shape index (κ2) is 6.33. The van der Waals surface area contributed by atoms with Crippen LogP contribution in [0.15, 0.2) is 36.2 Å². The van der Waals surface area contributed by atoms with Crippen LogP contribution in [0.4, 0.5) is 4.39 Å². The molecule has 0 radical (unpaired) electrons. The molecule has 1 N–H and O–H groups in total. The molecule has 0 unspecified atom stereocenters. The van der Waals surface area contributed by atoms with Crippen LogP contribution in [-0.4, -0.2) is 11.7 Å². The molecule has 0 spiro atoms. The van der Waals surface area contributed by atoms with E-state index >= 15 is 0 Å². The third kappa shape index (κ3) is 4.19. The van der Waals surface area contributed by atoms with Gasteiger partial charge in [0.15, 0.2) is 0 Å². The van der Waals surface area contributed by atoms with Crippen molar-refractivity contribution in [3.63, 3.8) is 0 Å². The molecule has 0 saturated heterocycles. The Morgan fingerprint density at radius 1 is 1.21 bits per heavy atom. The van der Waals surface area contributed by atoms with Gasteiger partial charge in [0.2, 0.25) is 0 Å². The van der Waals surface area contributed by atoms with Crippen molar-refractivity contribution in [3.8, 4) is 0 Å². The van der Waals surface area contributed by atoms with Crippen molar-refractivity contribution in [2.45, 2.75) is 19.3 Å². The van der Waals surface area contributed by atoms with Crippen molar-refractivity contribution in [2.75, 3.05) is 6.61 Å². The molecule has 14 heavy (non-hydrogen) atoms. The average Bonchev–Trinajstić information content (AvgIpc) is 2.20. The number of rotatable bonds is 5. The summed E-state index contributed by atoms with van der Waals surface area (Å²) >= 11 is 0. The summed E-state index contributed by atoms with van der Waals surface area (Å²) in [4.78, 5) is 0. The Bertz CT molecular complexity index is 280. The first kappa shape index (κ1) is 10.9. The van der Waals surface area contributed by atoms with E-state index in [-0.39, 0.29) is 12.4 Å². The molecule has 1 aromatic carbocycles. The Balaban J connectivity index is 2.43. The minimum absolute atomic E-state index is 0.121. The number of aliphatic hydroxyl groups excluding tert-OH is 1. The number of hydrogen-bond donors (Lipinski definition) is 1. The van der Waals surface area contributed by atoms with E-state index in [1.807, 2.05) is 30.3 Å². The molecular weight excluding hydrogens is 179 g/mol. The molecule has 0 aliphatic heterocycles. The van der Waals surface area contributed by atoms with Gasteiger partial charge < -0.3 is 5.11 Å². The zero-order chi connectivity index (χ0) is 10.2. The summed E-state index contributed by atoms with van der Waals surface area (Å²) in [6.07, 6.45) is 3.31. The first-order chi connectivity index (χ1) is 6.83. The van der Waals surface area contributed by atoms with Gasteiger partial charge in [-0.15, -0.1) is 0 Å². The molecule has 0 aliphatic carbocycles. The number of hydrogen-bond acceptors (Lipinski definition) is 1. The van der Waals surface area contributed by atoms with E-state index < -0.39 is 0 Å². The standard InChI is InChI=1S/C12H15FO/c13-12(8-4-5-9-14)10-11-6-2-1-3-7-11/h1-3,6-7,10,14H,4-5,8-9H2/b12-10-. The Morgan fingerprint density at radius 2 is 1.93 bits per heavy atom. The average molecular weight is 194 g/mol. The molecule has 76 valence electrons. The van der Waals surface area contributed by atoms with Gasteiger partial charge in [0.25, 0.3) is 0 Å². The molecule has 0 bridgehead atoms. The number of unbranched alkanes of at least 4 members (excludes halogenated alkanes) is 1. The van der Waals surface area contributed by atoms with Crippen LogP contribution in [0.25, 0.3) is 6.08 Å². The van der Waals surface area contributed by atoms with Gasteiger partial charge in [-0.1, -0.05) is 30.3 Å². The third-order valence-corrected chi connectivity index (χ3v) is 1.95. The number of aliphatic hydroxyl groups is 1. The Labute approximate surface area is 83.9 Å². The van der Waals surface area contributed by atoms with Crippen LogP contribution in [0.3, 0.4) is 0 Å². The van der Waals surface area contributed by atoms with E-state index in [4.69, 9.17) is 5.11 Å². The second-order valence-corrected chi connectivity index (χ2v) is 3.18. The number of benzene rings is 1. The minimum atomic E-state index is -0.121. The van der Waals surface area contributed by atoms with Crippen LogP contribution in [0.2, 0.25) is 0 Å². The van der Waals surface area contributed by atoms with E-state index in [1.165, 1.54) is 6.08 Å². The molecule has 1 aromatic rings. The van der Waals surface area contributed by atoms with Crippen LogP contribution in [-0.2, 0) is 0 Å². The number of allylic oxidation sites excluding steroid dienone is 1. The van der Waals surface area contributed by atoms with Gasteiger partial charge in [0.05, 0.1) is 0 Å². The van der Waals surface area contributed by atoms with Gasteiger partial charge in [0, 0.05) is 6.61 Å². The van der Waals surface area contributed by atoms with Crippen LogP contribution < -0.4 is 0 Å². The largest absolute Gasteiger partial charge is 0.396 e. The van der Waals surface area contributed by atoms with E-state index in [0.29, 0.717) is 19.3 Å². The smallest absolute Gasteiger partial charge is 0.101 e. The zero-order valence-electron chi connectivity index (χ0n) is 8.12. The monoisotopic (exact) mass is 194 g/mol.